The molecule has 1 aromatic heterocycles. The minimum absolute atomic E-state index is 0.534. The molecule has 0 saturated heterocycles. The SMILES string of the molecule is CSc1nc2c(cc1/C(N)=C/C#N)CC(C1CCCCC1)CC2. The van der Waals surface area contributed by atoms with Crippen LogP contribution in [0.5, 0.6) is 0 Å². The monoisotopic (exact) mass is 327 g/mol. The molecule has 0 radical (unpaired) electrons. The number of nitriles is 1. The van der Waals surface area contributed by atoms with Gasteiger partial charge in [0.15, 0.2) is 0 Å². The molecule has 4 heteroatoms. The van der Waals surface area contributed by atoms with Gasteiger partial charge in [-0.1, -0.05) is 32.1 Å². The number of aryl methyl sites for hydroxylation is 1. The molecule has 2 N–H and O–H groups in total. The number of nitrogens with two attached hydrogens (primary N) is 1. The second kappa shape index (κ2) is 7.40. The number of hydrogen-bond donors (Lipinski definition) is 1. The topological polar surface area (TPSA) is 62.7 Å². The highest BCUT2D eigenvalue weighted by molar-refractivity contribution is 7.98. The van der Waals surface area contributed by atoms with Crippen molar-refractivity contribution in [3.05, 3.63) is 29.0 Å². The molecule has 1 fully saturated rings. The highest BCUT2D eigenvalue weighted by Gasteiger charge is 2.28. The number of aromatic nitrogens is 1. The van der Waals surface area contributed by atoms with Gasteiger partial charge >= 0.3 is 0 Å². The minimum Gasteiger partial charge on any atom is -0.398 e. The third-order valence-electron chi connectivity index (χ3n) is 5.43. The summed E-state index contributed by atoms with van der Waals surface area (Å²) in [4.78, 5) is 4.85. The van der Waals surface area contributed by atoms with Crippen LogP contribution in [0.1, 0.15) is 55.3 Å². The molecular weight excluding hydrogens is 302 g/mol. The van der Waals surface area contributed by atoms with Gasteiger partial charge in [0.2, 0.25) is 0 Å². The second-order valence-corrected chi connectivity index (χ2v) is 7.58. The predicted molar refractivity (Wildman–Crippen MR) is 95.9 cm³/mol. The maximum absolute atomic E-state index is 8.88. The zero-order valence-corrected chi connectivity index (χ0v) is 14.7. The van der Waals surface area contributed by atoms with E-state index in [0.717, 1.165) is 35.3 Å². The second-order valence-electron chi connectivity index (χ2n) is 6.78. The molecule has 0 aliphatic heterocycles. The van der Waals surface area contributed by atoms with Gasteiger partial charge < -0.3 is 5.73 Å². The Kier molecular flexibility index (Phi) is 5.27. The van der Waals surface area contributed by atoms with Crippen LogP contribution in [0, 0.1) is 23.2 Å². The molecule has 1 unspecified atom stereocenters. The van der Waals surface area contributed by atoms with Crippen molar-refractivity contribution in [2.24, 2.45) is 17.6 Å². The molecule has 0 bridgehead atoms. The van der Waals surface area contributed by atoms with E-state index < -0.39 is 0 Å². The first-order valence-corrected chi connectivity index (χ1v) is 9.87. The van der Waals surface area contributed by atoms with Crippen LogP contribution in [0.15, 0.2) is 17.2 Å². The van der Waals surface area contributed by atoms with E-state index in [0.29, 0.717) is 5.70 Å². The largest absolute Gasteiger partial charge is 0.398 e. The molecule has 0 aromatic carbocycles. The first kappa shape index (κ1) is 16.4. The average molecular weight is 327 g/mol. The summed E-state index contributed by atoms with van der Waals surface area (Å²) < 4.78 is 0. The summed E-state index contributed by atoms with van der Waals surface area (Å²) in [5.74, 6) is 1.70. The molecule has 1 saturated carbocycles. The van der Waals surface area contributed by atoms with Crippen molar-refractivity contribution in [3.63, 3.8) is 0 Å². The molecule has 2 aliphatic carbocycles. The van der Waals surface area contributed by atoms with Gasteiger partial charge in [-0.15, -0.1) is 11.8 Å². The zero-order valence-electron chi connectivity index (χ0n) is 13.8. The maximum Gasteiger partial charge on any atom is 0.105 e. The lowest BCUT2D eigenvalue weighted by atomic mass is 9.72. The van der Waals surface area contributed by atoms with Gasteiger partial charge in [0.05, 0.1) is 11.8 Å². The lowest BCUT2D eigenvalue weighted by Gasteiger charge is -2.34. The van der Waals surface area contributed by atoms with E-state index >= 15 is 0 Å². The standard InChI is InChI=1S/C19H25N3S/c1-23-19-16(17(21)9-10-20)12-15-11-14(7-8-18(15)22-19)13-5-3-2-4-6-13/h9,12-14H,2-8,11,21H2,1H3/b17-9-. The number of thioether (sulfide) groups is 1. The lowest BCUT2D eigenvalue weighted by molar-refractivity contribution is 0.226. The number of rotatable bonds is 3. The number of allylic oxidation sites excluding steroid dienone is 1. The Hall–Kier alpha value is -1.47. The van der Waals surface area contributed by atoms with Gasteiger partial charge in [-0.25, -0.2) is 4.98 Å². The summed E-state index contributed by atoms with van der Waals surface area (Å²) >= 11 is 1.61. The first-order chi connectivity index (χ1) is 11.2. The molecule has 0 amide bonds. The van der Waals surface area contributed by atoms with Crippen LogP contribution in [0.3, 0.4) is 0 Å². The van der Waals surface area contributed by atoms with Gasteiger partial charge in [0, 0.05) is 17.3 Å². The molecule has 1 aromatic rings. The van der Waals surface area contributed by atoms with E-state index in [1.807, 2.05) is 12.3 Å². The van der Waals surface area contributed by atoms with E-state index in [1.54, 1.807) is 11.8 Å². The summed E-state index contributed by atoms with van der Waals surface area (Å²) in [5, 5.41) is 9.83. The van der Waals surface area contributed by atoms with E-state index in [1.165, 1.54) is 55.9 Å². The normalized spacial score (nSPS) is 22.4. The molecule has 1 heterocycles. The quantitative estimate of drug-likeness (QED) is 0.663. The van der Waals surface area contributed by atoms with Crippen molar-refractivity contribution in [3.8, 4) is 6.07 Å². The number of hydrogen-bond acceptors (Lipinski definition) is 4. The molecule has 2 aliphatic rings. The molecular formula is C19H25N3S. The van der Waals surface area contributed by atoms with Crippen LogP contribution in [0.4, 0.5) is 0 Å². The van der Waals surface area contributed by atoms with Gasteiger partial charge in [-0.05, 0) is 49.0 Å². The summed E-state index contributed by atoms with van der Waals surface area (Å²) in [7, 11) is 0. The number of pyridine rings is 1. The van der Waals surface area contributed by atoms with E-state index in [4.69, 9.17) is 16.0 Å². The fraction of sp³-hybridized carbons (Fsp3) is 0.579. The van der Waals surface area contributed by atoms with Gasteiger partial charge in [-0.3, -0.25) is 0 Å². The summed E-state index contributed by atoms with van der Waals surface area (Å²) in [6.45, 7) is 0. The third-order valence-corrected chi connectivity index (χ3v) is 6.13. The van der Waals surface area contributed by atoms with Crippen molar-refractivity contribution >= 4 is 17.5 Å². The molecule has 122 valence electrons. The Labute approximate surface area is 143 Å². The zero-order chi connectivity index (χ0) is 16.2. The Morgan fingerprint density at radius 2 is 2.09 bits per heavy atom. The molecule has 1 atom stereocenters. The summed E-state index contributed by atoms with van der Waals surface area (Å²) in [6.07, 6.45) is 14.0. The van der Waals surface area contributed by atoms with Crippen LogP contribution < -0.4 is 5.73 Å². The van der Waals surface area contributed by atoms with Crippen LogP contribution in [0.2, 0.25) is 0 Å². The first-order valence-electron chi connectivity index (χ1n) is 8.65. The van der Waals surface area contributed by atoms with Crippen molar-refractivity contribution in [2.45, 2.75) is 56.4 Å². The van der Waals surface area contributed by atoms with E-state index in [-0.39, 0.29) is 0 Å². The minimum atomic E-state index is 0.534. The highest BCUT2D eigenvalue weighted by Crippen LogP contribution is 2.38. The molecule has 3 nitrogen and oxygen atoms in total. The lowest BCUT2D eigenvalue weighted by Crippen LogP contribution is -2.25. The van der Waals surface area contributed by atoms with Crippen molar-refractivity contribution < 1.29 is 0 Å². The van der Waals surface area contributed by atoms with Crippen LogP contribution >= 0.6 is 11.8 Å². The van der Waals surface area contributed by atoms with Crippen molar-refractivity contribution in [1.29, 1.82) is 5.26 Å². The Morgan fingerprint density at radius 1 is 1.30 bits per heavy atom. The van der Waals surface area contributed by atoms with E-state index in [2.05, 4.69) is 6.07 Å². The van der Waals surface area contributed by atoms with Crippen molar-refractivity contribution in [1.82, 2.24) is 4.98 Å². The highest BCUT2D eigenvalue weighted by atomic mass is 32.2. The summed E-state index contributed by atoms with van der Waals surface area (Å²) in [5.41, 5.74) is 10.1. The average Bonchev–Trinajstić information content (AvgIpc) is 2.61. The predicted octanol–water partition coefficient (Wildman–Crippen LogP) is 4.31. The molecule has 3 rings (SSSR count). The van der Waals surface area contributed by atoms with Crippen LogP contribution in [0.25, 0.3) is 5.70 Å². The summed E-state index contributed by atoms with van der Waals surface area (Å²) in [6, 6.07) is 4.23. The Morgan fingerprint density at radius 3 is 2.78 bits per heavy atom. The van der Waals surface area contributed by atoms with Gasteiger partial charge in [0.25, 0.3) is 0 Å². The smallest absolute Gasteiger partial charge is 0.105 e. The Bertz CT molecular complexity index is 639. The fourth-order valence-corrected chi connectivity index (χ4v) is 4.79. The van der Waals surface area contributed by atoms with Crippen LogP contribution in [-0.2, 0) is 12.8 Å². The van der Waals surface area contributed by atoms with Gasteiger partial charge in [-0.2, -0.15) is 5.26 Å². The maximum atomic E-state index is 8.88. The van der Waals surface area contributed by atoms with Crippen molar-refractivity contribution in [2.75, 3.05) is 6.26 Å². The van der Waals surface area contributed by atoms with Gasteiger partial charge in [0.1, 0.15) is 5.03 Å². The van der Waals surface area contributed by atoms with E-state index in [9.17, 15) is 0 Å². The fourth-order valence-electron chi connectivity index (χ4n) is 4.19. The third kappa shape index (κ3) is 3.55. The number of fused-ring (bicyclic) bond motifs is 1. The Balaban J connectivity index is 1.88. The molecule has 0 spiro atoms. The van der Waals surface area contributed by atoms with Crippen LogP contribution in [-0.4, -0.2) is 11.2 Å². The number of nitrogens with zero attached hydrogens (tertiary/aromatic N) is 2. The molecule has 23 heavy (non-hydrogen) atoms.